The van der Waals surface area contributed by atoms with Gasteiger partial charge in [-0.15, -0.1) is 0 Å². The average Bonchev–Trinajstić information content (AvgIpc) is 3.50. The van der Waals surface area contributed by atoms with E-state index in [-0.39, 0.29) is 17.7 Å². The highest BCUT2D eigenvalue weighted by molar-refractivity contribution is 6.06. The molecule has 1 aliphatic heterocycles. The lowest BCUT2D eigenvalue weighted by molar-refractivity contribution is -0.122. The van der Waals surface area contributed by atoms with Crippen molar-refractivity contribution in [2.24, 2.45) is 5.92 Å². The van der Waals surface area contributed by atoms with Crippen molar-refractivity contribution >= 4 is 28.4 Å². The average molecular weight is 528 g/mol. The molecule has 0 spiro atoms. The summed E-state index contributed by atoms with van der Waals surface area (Å²) < 4.78 is 0. The van der Waals surface area contributed by atoms with E-state index in [2.05, 4.69) is 48.4 Å². The van der Waals surface area contributed by atoms with Gasteiger partial charge >= 0.3 is 0 Å². The van der Waals surface area contributed by atoms with Gasteiger partial charge < -0.3 is 15.2 Å². The van der Waals surface area contributed by atoms with Crippen molar-refractivity contribution in [3.8, 4) is 11.3 Å². The zero-order valence-electron chi connectivity index (χ0n) is 23.0. The van der Waals surface area contributed by atoms with Gasteiger partial charge in [-0.1, -0.05) is 105 Å². The van der Waals surface area contributed by atoms with E-state index in [4.69, 9.17) is 0 Å². The highest BCUT2D eigenvalue weighted by atomic mass is 16.2. The van der Waals surface area contributed by atoms with Gasteiger partial charge in [-0.3, -0.25) is 9.59 Å². The lowest BCUT2D eigenvalue weighted by Gasteiger charge is -2.36. The van der Waals surface area contributed by atoms with Crippen LogP contribution in [0.15, 0.2) is 103 Å². The number of carbonyl (C=O) groups excluding carboxylic acids is 2. The second kappa shape index (κ2) is 10.5. The summed E-state index contributed by atoms with van der Waals surface area (Å²) in [5, 5.41) is 4.16. The van der Waals surface area contributed by atoms with Crippen molar-refractivity contribution in [3.05, 3.63) is 125 Å². The second-order valence-electron chi connectivity index (χ2n) is 10.7. The first-order valence-electron chi connectivity index (χ1n) is 13.9. The molecule has 0 fully saturated rings. The van der Waals surface area contributed by atoms with Crippen LogP contribution in [0.1, 0.15) is 53.4 Å². The Morgan fingerprint density at radius 2 is 1.57 bits per heavy atom. The molecule has 1 aromatic heterocycles. The number of hydrogen-bond donors (Lipinski definition) is 2. The minimum absolute atomic E-state index is 0.0726. The van der Waals surface area contributed by atoms with Gasteiger partial charge in [0.2, 0.25) is 5.91 Å². The summed E-state index contributed by atoms with van der Waals surface area (Å²) in [5.41, 5.74) is 7.42. The first-order valence-corrected chi connectivity index (χ1v) is 13.9. The molecule has 2 heterocycles. The molecule has 6 rings (SSSR count). The molecule has 3 unspecified atom stereocenters. The molecule has 5 aromatic rings. The van der Waals surface area contributed by atoms with Crippen LogP contribution >= 0.6 is 0 Å². The van der Waals surface area contributed by atoms with Crippen LogP contribution in [0, 0.1) is 12.8 Å². The van der Waals surface area contributed by atoms with Gasteiger partial charge in [-0.2, -0.15) is 0 Å². The number of aromatic nitrogens is 1. The molecule has 1 aliphatic rings. The molecule has 3 atom stereocenters. The molecule has 40 heavy (non-hydrogen) atoms. The number of aromatic amines is 1. The van der Waals surface area contributed by atoms with E-state index in [0.717, 1.165) is 51.0 Å². The summed E-state index contributed by atoms with van der Waals surface area (Å²) in [6.07, 6.45) is 0.748. The predicted octanol–water partition coefficient (Wildman–Crippen LogP) is 7.74. The summed E-state index contributed by atoms with van der Waals surface area (Å²) >= 11 is 0. The highest BCUT2D eigenvalue weighted by Gasteiger charge is 2.47. The largest absolute Gasteiger partial charge is 0.354 e. The number of nitrogens with one attached hydrogen (secondary N) is 2. The van der Waals surface area contributed by atoms with Gasteiger partial charge in [0.15, 0.2) is 0 Å². The fourth-order valence-corrected chi connectivity index (χ4v) is 5.93. The number of amides is 2. The van der Waals surface area contributed by atoms with E-state index < -0.39 is 12.1 Å². The van der Waals surface area contributed by atoms with E-state index in [0.29, 0.717) is 5.56 Å². The number of fused-ring (bicyclic) bond motifs is 2. The van der Waals surface area contributed by atoms with Crippen molar-refractivity contribution < 1.29 is 9.59 Å². The number of nitrogens with zero attached hydrogens (tertiary/aromatic N) is 1. The van der Waals surface area contributed by atoms with Crippen LogP contribution in [0.3, 0.4) is 0 Å². The third-order valence-corrected chi connectivity index (χ3v) is 8.15. The quantitative estimate of drug-likeness (QED) is 0.227. The third kappa shape index (κ3) is 4.37. The van der Waals surface area contributed by atoms with Crippen molar-refractivity contribution in [3.63, 3.8) is 0 Å². The monoisotopic (exact) mass is 527 g/mol. The number of rotatable bonds is 7. The van der Waals surface area contributed by atoms with Crippen LogP contribution in [0.2, 0.25) is 0 Å². The Morgan fingerprint density at radius 3 is 2.33 bits per heavy atom. The Balaban J connectivity index is 1.55. The Morgan fingerprint density at radius 1 is 0.900 bits per heavy atom. The lowest BCUT2D eigenvalue weighted by atomic mass is 9.90. The number of benzene rings is 4. The van der Waals surface area contributed by atoms with Gasteiger partial charge in [0.1, 0.15) is 6.04 Å². The third-order valence-electron chi connectivity index (χ3n) is 8.15. The van der Waals surface area contributed by atoms with Crippen molar-refractivity contribution in [2.45, 2.75) is 39.3 Å². The Hall–Kier alpha value is -4.64. The van der Waals surface area contributed by atoms with Gasteiger partial charge in [0, 0.05) is 27.7 Å². The number of aryl methyl sites for hydroxylation is 1. The highest BCUT2D eigenvalue weighted by Crippen LogP contribution is 2.47. The maximum atomic E-state index is 14.3. The van der Waals surface area contributed by atoms with Gasteiger partial charge in [-0.05, 0) is 48.2 Å². The van der Waals surface area contributed by atoms with Crippen LogP contribution < -0.4 is 5.32 Å². The number of hydrogen-bond acceptors (Lipinski definition) is 2. The molecule has 2 N–H and O–H groups in total. The second-order valence-corrected chi connectivity index (χ2v) is 10.7. The molecular formula is C35H33N3O2. The molecule has 2 amide bonds. The van der Waals surface area contributed by atoms with E-state index in [9.17, 15) is 9.59 Å². The zero-order valence-corrected chi connectivity index (χ0v) is 23.0. The summed E-state index contributed by atoms with van der Waals surface area (Å²) in [4.78, 5) is 33.9. The minimum atomic E-state index is -0.673. The van der Waals surface area contributed by atoms with Gasteiger partial charge in [0.05, 0.1) is 11.7 Å². The normalized spacial score (nSPS) is 16.1. The minimum Gasteiger partial charge on any atom is -0.354 e. The molecule has 4 aromatic carbocycles. The first-order chi connectivity index (χ1) is 19.5. The zero-order chi connectivity index (χ0) is 27.8. The van der Waals surface area contributed by atoms with E-state index in [1.807, 2.05) is 90.7 Å². The molecule has 0 bridgehead atoms. The van der Waals surface area contributed by atoms with E-state index in [1.54, 1.807) is 0 Å². The summed E-state index contributed by atoms with van der Waals surface area (Å²) in [6, 6.07) is 32.9. The fourth-order valence-electron chi connectivity index (χ4n) is 5.93. The van der Waals surface area contributed by atoms with Crippen molar-refractivity contribution in [1.29, 1.82) is 0 Å². The van der Waals surface area contributed by atoms with E-state index in [1.165, 1.54) is 0 Å². The maximum absolute atomic E-state index is 14.3. The first kappa shape index (κ1) is 25.6. The molecule has 0 saturated carbocycles. The summed E-state index contributed by atoms with van der Waals surface area (Å²) in [6.45, 7) is 6.14. The maximum Gasteiger partial charge on any atom is 0.255 e. The molecule has 0 saturated heterocycles. The number of carbonyl (C=O) groups is 2. The molecule has 0 aliphatic carbocycles. The number of anilines is 1. The SMILES string of the molecule is CCC(C)C(C(=O)Nc1ccc(C)cc1)N1C(=O)c2ccccc2C1c1c(-c2ccccc2)[nH]c2ccccc12. The predicted molar refractivity (Wildman–Crippen MR) is 161 cm³/mol. The molecular weight excluding hydrogens is 494 g/mol. The molecule has 0 radical (unpaired) electrons. The molecule has 200 valence electrons. The Bertz CT molecular complexity index is 1690. The molecule has 5 nitrogen and oxygen atoms in total. The van der Waals surface area contributed by atoms with Crippen molar-refractivity contribution in [2.75, 3.05) is 5.32 Å². The number of para-hydroxylation sites is 1. The Kier molecular flexibility index (Phi) is 6.72. The van der Waals surface area contributed by atoms with Gasteiger partial charge in [0.25, 0.3) is 5.91 Å². The topological polar surface area (TPSA) is 65.2 Å². The lowest BCUT2D eigenvalue weighted by Crippen LogP contribution is -2.50. The van der Waals surface area contributed by atoms with Crippen LogP contribution in [0.25, 0.3) is 22.2 Å². The van der Waals surface area contributed by atoms with Gasteiger partial charge in [-0.25, -0.2) is 0 Å². The van der Waals surface area contributed by atoms with Crippen molar-refractivity contribution in [1.82, 2.24) is 9.88 Å². The fraction of sp³-hybridized carbons (Fsp3) is 0.200. The summed E-state index contributed by atoms with van der Waals surface area (Å²) in [5.74, 6) is -0.365. The van der Waals surface area contributed by atoms with Crippen LogP contribution in [-0.4, -0.2) is 27.7 Å². The smallest absolute Gasteiger partial charge is 0.255 e. The van der Waals surface area contributed by atoms with Crippen LogP contribution in [-0.2, 0) is 4.79 Å². The van der Waals surface area contributed by atoms with E-state index >= 15 is 0 Å². The molecule has 5 heteroatoms. The number of H-pyrrole nitrogens is 1. The standard InChI is InChI=1S/C35H33N3O2/c1-4-23(3)32(34(39)36-25-20-18-22(2)19-21-25)38-33(26-14-8-9-15-27(26)35(38)40)30-28-16-10-11-17-29(28)37-31(30)24-12-6-5-7-13-24/h5-21,23,32-33,37H,4H2,1-3H3,(H,36,39). The van der Waals surface area contributed by atoms with Crippen LogP contribution in [0.5, 0.6) is 0 Å². The Labute approximate surface area is 234 Å². The summed E-state index contributed by atoms with van der Waals surface area (Å²) in [7, 11) is 0. The van der Waals surface area contributed by atoms with Crippen LogP contribution in [0.4, 0.5) is 5.69 Å².